The van der Waals surface area contributed by atoms with Gasteiger partial charge in [-0.25, -0.2) is 4.79 Å². The molecule has 0 radical (unpaired) electrons. The number of allylic oxidation sites excluding steroid dienone is 2. The smallest absolute Gasteiger partial charge is 0.331 e. The van der Waals surface area contributed by atoms with Crippen molar-refractivity contribution in [2.45, 2.75) is 118 Å². The molecule has 0 aromatic rings. The molecule has 4 aliphatic rings. The average Bonchev–Trinajstić information content (AvgIpc) is 3.05. The molecule has 6 nitrogen and oxygen atoms in total. The van der Waals surface area contributed by atoms with Crippen molar-refractivity contribution in [1.82, 2.24) is 0 Å². The van der Waals surface area contributed by atoms with Gasteiger partial charge in [-0.1, -0.05) is 39.3 Å². The van der Waals surface area contributed by atoms with Gasteiger partial charge in [-0.15, -0.1) is 0 Å². The second-order valence-corrected chi connectivity index (χ2v) is 13.6. The van der Waals surface area contributed by atoms with E-state index in [0.717, 1.165) is 36.8 Å². The lowest BCUT2D eigenvalue weighted by Gasteiger charge is -2.69. The zero-order chi connectivity index (χ0) is 27.5. The van der Waals surface area contributed by atoms with Gasteiger partial charge in [-0.05, 0) is 111 Å². The number of esters is 1. The molecule has 7 unspecified atom stereocenters. The first-order chi connectivity index (χ1) is 17.2. The van der Waals surface area contributed by atoms with Gasteiger partial charge in [0, 0.05) is 12.5 Å². The zero-order valence-corrected chi connectivity index (χ0v) is 23.8. The lowest BCUT2D eigenvalue weighted by atomic mass is 9.36. The van der Waals surface area contributed by atoms with Crippen LogP contribution in [0, 0.1) is 39.9 Å². The van der Waals surface area contributed by atoms with Gasteiger partial charge < -0.3 is 20.1 Å². The van der Waals surface area contributed by atoms with Crippen molar-refractivity contribution in [3.05, 3.63) is 22.8 Å². The summed E-state index contributed by atoms with van der Waals surface area (Å²) in [6.45, 7) is 14.5. The minimum absolute atomic E-state index is 0.0474. The average molecular weight is 517 g/mol. The van der Waals surface area contributed by atoms with Gasteiger partial charge in [0.25, 0.3) is 0 Å². The van der Waals surface area contributed by atoms with Crippen molar-refractivity contribution in [2.75, 3.05) is 0 Å². The molecule has 4 fully saturated rings. The summed E-state index contributed by atoms with van der Waals surface area (Å²) in [4.78, 5) is 24.8. The van der Waals surface area contributed by atoms with E-state index >= 15 is 0 Å². The van der Waals surface area contributed by atoms with Crippen LogP contribution in [0.2, 0.25) is 0 Å². The predicted molar refractivity (Wildman–Crippen MR) is 143 cm³/mol. The van der Waals surface area contributed by atoms with Crippen LogP contribution in [0.4, 0.5) is 0 Å². The Hall–Kier alpha value is -1.66. The number of ether oxygens (including phenoxy) is 1. The lowest BCUT2D eigenvalue weighted by molar-refractivity contribution is -0.234. The number of aliphatic carboxylic acids is 1. The molecule has 0 aromatic heterocycles. The Kier molecular flexibility index (Phi) is 7.53. The Bertz CT molecular complexity index is 994. The van der Waals surface area contributed by atoms with E-state index in [1.54, 1.807) is 0 Å². The molecule has 0 heterocycles. The Balaban J connectivity index is 1.82. The topological polar surface area (TPSA) is 104 Å². The maximum Gasteiger partial charge on any atom is 0.331 e. The Morgan fingerprint density at radius 2 is 1.70 bits per heavy atom. The SMILES string of the molecule is CC(=O)OC1C[C@@]2(C)C(CC(O)C3[C@@]4(C)CCC(O)C(C)C4CC[C@@]32C)/C1=C(\CCC=C(C)C)C(=O)O. The standard InChI is InChI=1S/C31H48O6/c1-17(2)9-8-10-20(28(35)36)26-22-15-24(34)27-29(5)13-12-23(33)18(3)21(29)11-14-30(27,6)31(22,7)16-25(26)37-19(4)32/h9,18,21-25,27,33-34H,8,10-16H2,1-7H3,(H,35,36)/b26-20-/t18?,21?,22?,23?,24?,25?,27?,29-,30-,31-/m0/s1. The van der Waals surface area contributed by atoms with E-state index in [0.29, 0.717) is 37.2 Å². The minimum atomic E-state index is -0.953. The monoisotopic (exact) mass is 516 g/mol. The van der Waals surface area contributed by atoms with E-state index in [1.807, 2.05) is 19.9 Å². The zero-order valence-electron chi connectivity index (χ0n) is 23.8. The molecule has 6 heteroatoms. The molecule has 0 spiro atoms. The fourth-order valence-corrected chi connectivity index (χ4v) is 9.79. The molecule has 208 valence electrons. The fraction of sp³-hybridized carbons (Fsp3) is 0.806. The van der Waals surface area contributed by atoms with Gasteiger partial charge in [-0.2, -0.15) is 0 Å². The summed E-state index contributed by atoms with van der Waals surface area (Å²) >= 11 is 0. The Morgan fingerprint density at radius 3 is 2.30 bits per heavy atom. The minimum Gasteiger partial charge on any atom is -0.478 e. The normalized spacial score (nSPS) is 46.2. The number of carboxylic acid groups (broad SMARTS) is 1. The van der Waals surface area contributed by atoms with Gasteiger partial charge in [-0.3, -0.25) is 4.79 Å². The first-order valence-corrected chi connectivity index (χ1v) is 14.3. The van der Waals surface area contributed by atoms with Crippen LogP contribution in [0.5, 0.6) is 0 Å². The maximum atomic E-state index is 12.6. The van der Waals surface area contributed by atoms with Crippen molar-refractivity contribution in [3.63, 3.8) is 0 Å². The van der Waals surface area contributed by atoms with Crippen molar-refractivity contribution in [1.29, 1.82) is 0 Å². The van der Waals surface area contributed by atoms with Gasteiger partial charge in [0.05, 0.1) is 12.2 Å². The number of carbonyl (C=O) groups is 2. The summed E-state index contributed by atoms with van der Waals surface area (Å²) in [5.74, 6) is -0.909. The summed E-state index contributed by atoms with van der Waals surface area (Å²) in [5, 5.41) is 32.9. The summed E-state index contributed by atoms with van der Waals surface area (Å²) in [5.41, 5.74) is 1.57. The van der Waals surface area contributed by atoms with E-state index in [4.69, 9.17) is 4.74 Å². The Morgan fingerprint density at radius 1 is 1.03 bits per heavy atom. The van der Waals surface area contributed by atoms with Crippen LogP contribution >= 0.6 is 0 Å². The third-order valence-corrected chi connectivity index (χ3v) is 11.6. The molecule has 0 aliphatic heterocycles. The second-order valence-electron chi connectivity index (χ2n) is 13.6. The molecule has 4 aliphatic carbocycles. The van der Waals surface area contributed by atoms with Gasteiger partial charge in [0.1, 0.15) is 6.10 Å². The number of rotatable bonds is 5. The van der Waals surface area contributed by atoms with Gasteiger partial charge in [0.2, 0.25) is 0 Å². The highest BCUT2D eigenvalue weighted by Crippen LogP contribution is 2.74. The van der Waals surface area contributed by atoms with Crippen molar-refractivity contribution in [2.24, 2.45) is 39.9 Å². The maximum absolute atomic E-state index is 12.6. The molecule has 0 bridgehead atoms. The first-order valence-electron chi connectivity index (χ1n) is 14.3. The number of carbonyl (C=O) groups excluding carboxylic acids is 1. The summed E-state index contributed by atoms with van der Waals surface area (Å²) in [6, 6.07) is 0. The molecule has 10 atom stereocenters. The van der Waals surface area contributed by atoms with Crippen LogP contribution in [-0.2, 0) is 14.3 Å². The predicted octanol–water partition coefficient (Wildman–Crippen LogP) is 5.67. The van der Waals surface area contributed by atoms with E-state index in [9.17, 15) is 24.9 Å². The molecule has 0 aromatic carbocycles. The van der Waals surface area contributed by atoms with Gasteiger partial charge in [0.15, 0.2) is 0 Å². The number of hydrogen-bond donors (Lipinski definition) is 3. The highest BCUT2D eigenvalue weighted by molar-refractivity contribution is 5.88. The molecular formula is C31H48O6. The molecule has 4 saturated carbocycles. The molecular weight excluding hydrogens is 468 g/mol. The largest absolute Gasteiger partial charge is 0.478 e. The van der Waals surface area contributed by atoms with Gasteiger partial charge >= 0.3 is 11.9 Å². The number of fused-ring (bicyclic) bond motifs is 5. The Labute approximate surface area is 222 Å². The number of hydrogen-bond acceptors (Lipinski definition) is 5. The second kappa shape index (κ2) is 9.82. The molecule has 37 heavy (non-hydrogen) atoms. The van der Waals surface area contributed by atoms with E-state index in [-0.39, 0.29) is 40.1 Å². The molecule has 0 amide bonds. The number of aliphatic hydroxyl groups excluding tert-OH is 2. The van der Waals surface area contributed by atoms with Crippen LogP contribution in [0.1, 0.15) is 99.8 Å². The lowest BCUT2D eigenvalue weighted by Crippen LogP contribution is -2.65. The molecule has 3 N–H and O–H groups in total. The highest BCUT2D eigenvalue weighted by atomic mass is 16.5. The van der Waals surface area contributed by atoms with Crippen LogP contribution in [0.3, 0.4) is 0 Å². The van der Waals surface area contributed by atoms with E-state index in [1.165, 1.54) is 6.92 Å². The fourth-order valence-electron chi connectivity index (χ4n) is 9.79. The summed E-state index contributed by atoms with van der Waals surface area (Å²) < 4.78 is 5.87. The van der Waals surface area contributed by atoms with Crippen LogP contribution < -0.4 is 0 Å². The third-order valence-electron chi connectivity index (χ3n) is 11.6. The van der Waals surface area contributed by atoms with Crippen molar-refractivity contribution in [3.8, 4) is 0 Å². The van der Waals surface area contributed by atoms with Crippen LogP contribution in [-0.4, -0.2) is 45.6 Å². The van der Waals surface area contributed by atoms with Crippen LogP contribution in [0.25, 0.3) is 0 Å². The highest BCUT2D eigenvalue weighted by Gasteiger charge is 2.70. The number of aliphatic hydroxyl groups is 2. The van der Waals surface area contributed by atoms with E-state index in [2.05, 4.69) is 27.7 Å². The van der Waals surface area contributed by atoms with Crippen LogP contribution in [0.15, 0.2) is 22.8 Å². The van der Waals surface area contributed by atoms with Crippen molar-refractivity contribution >= 4 is 11.9 Å². The van der Waals surface area contributed by atoms with Crippen molar-refractivity contribution < 1.29 is 29.6 Å². The first kappa shape index (κ1) is 28.4. The third kappa shape index (κ3) is 4.40. The molecule has 0 saturated heterocycles. The quantitative estimate of drug-likeness (QED) is 0.247. The summed E-state index contributed by atoms with van der Waals surface area (Å²) in [6.07, 6.45) is 6.22. The van der Waals surface area contributed by atoms with E-state index < -0.39 is 24.1 Å². The molecule has 4 rings (SSSR count). The summed E-state index contributed by atoms with van der Waals surface area (Å²) in [7, 11) is 0. The number of carboxylic acids is 1.